The Hall–Kier alpha value is -4.37. The van der Waals surface area contributed by atoms with Gasteiger partial charge in [-0.05, 0) is 119 Å². The van der Waals surface area contributed by atoms with Crippen LogP contribution < -0.4 is 0 Å². The third-order valence-corrected chi connectivity index (χ3v) is 9.85. The first-order valence-corrected chi connectivity index (χ1v) is 15.4. The first-order chi connectivity index (χ1) is 20.6. The molecule has 0 heterocycles. The van der Waals surface area contributed by atoms with E-state index in [1.807, 2.05) is 0 Å². The molecule has 3 nitrogen and oxygen atoms in total. The number of hydrogen-bond donors (Lipinski definition) is 0. The third kappa shape index (κ3) is 4.14. The Kier molecular flexibility index (Phi) is 5.96. The number of carbonyl (C=O) groups excluding carboxylic acids is 1. The lowest BCUT2D eigenvalue weighted by molar-refractivity contribution is -0.0827. The van der Waals surface area contributed by atoms with E-state index in [1.165, 1.54) is 32.3 Å². The van der Waals surface area contributed by atoms with E-state index >= 15 is 0 Å². The maximum atomic E-state index is 14.0. The van der Waals surface area contributed by atoms with Gasteiger partial charge in [0.1, 0.15) is 11.2 Å². The van der Waals surface area contributed by atoms with Crippen LogP contribution in [0.1, 0.15) is 62.5 Å². The summed E-state index contributed by atoms with van der Waals surface area (Å²) >= 11 is 0. The molecular weight excluding hydrogens is 516 g/mol. The van der Waals surface area contributed by atoms with Gasteiger partial charge in [0, 0.05) is 11.1 Å². The highest BCUT2D eigenvalue weighted by atomic mass is 16.7. The normalized spacial score (nSPS) is 17.7. The second-order valence-corrected chi connectivity index (χ2v) is 12.3. The van der Waals surface area contributed by atoms with Gasteiger partial charge in [0.15, 0.2) is 0 Å². The fraction of sp³-hybridized carbons (Fsp3) is 0.256. The monoisotopic (exact) mass is 550 g/mol. The largest absolute Gasteiger partial charge is 0.510 e. The number of fused-ring (bicyclic) bond motifs is 4. The molecule has 6 aromatic rings. The zero-order valence-corrected chi connectivity index (χ0v) is 23.8. The zero-order valence-electron chi connectivity index (χ0n) is 23.8. The summed E-state index contributed by atoms with van der Waals surface area (Å²) in [5.41, 5.74) is 0.816. The molecule has 0 spiro atoms. The molecule has 0 atom stereocenters. The summed E-state index contributed by atoms with van der Waals surface area (Å²) in [5.74, 6) is 0. The van der Waals surface area contributed by atoms with E-state index in [-0.39, 0.29) is 0 Å². The fourth-order valence-corrected chi connectivity index (χ4v) is 7.81. The van der Waals surface area contributed by atoms with Crippen molar-refractivity contribution < 1.29 is 14.3 Å². The number of rotatable bonds is 4. The van der Waals surface area contributed by atoms with Crippen molar-refractivity contribution in [2.24, 2.45) is 0 Å². The highest BCUT2D eigenvalue weighted by Gasteiger charge is 2.45. The Bertz CT molecular complexity index is 1830. The van der Waals surface area contributed by atoms with Gasteiger partial charge in [-0.3, -0.25) is 0 Å². The van der Waals surface area contributed by atoms with Gasteiger partial charge in [0.25, 0.3) is 0 Å². The fourth-order valence-electron chi connectivity index (χ4n) is 7.81. The molecular formula is C39H34O3. The van der Waals surface area contributed by atoms with Gasteiger partial charge >= 0.3 is 6.16 Å². The van der Waals surface area contributed by atoms with Crippen LogP contribution in [-0.4, -0.2) is 6.16 Å². The van der Waals surface area contributed by atoms with Gasteiger partial charge in [0.05, 0.1) is 0 Å². The van der Waals surface area contributed by atoms with Crippen molar-refractivity contribution >= 4 is 49.2 Å². The predicted molar refractivity (Wildman–Crippen MR) is 171 cm³/mol. The molecule has 42 heavy (non-hydrogen) atoms. The lowest BCUT2D eigenvalue weighted by Crippen LogP contribution is -2.35. The SMILES string of the molecule is O=C(OC1(c2cccc3cc4ccccc4cc23)CCCC1)OC1(c2cccc3cc4ccccc4cc23)CCCC1. The lowest BCUT2D eigenvalue weighted by Gasteiger charge is -2.35. The first-order valence-electron chi connectivity index (χ1n) is 15.4. The molecule has 0 radical (unpaired) electrons. The summed E-state index contributed by atoms with van der Waals surface area (Å²) < 4.78 is 13.1. The minimum Gasteiger partial charge on any atom is -0.423 e. The van der Waals surface area contributed by atoms with Crippen LogP contribution in [0.15, 0.2) is 109 Å². The topological polar surface area (TPSA) is 35.5 Å². The van der Waals surface area contributed by atoms with E-state index in [2.05, 4.69) is 109 Å². The second kappa shape index (κ2) is 9.87. The molecule has 208 valence electrons. The van der Waals surface area contributed by atoms with E-state index in [1.54, 1.807) is 0 Å². The van der Waals surface area contributed by atoms with Crippen molar-refractivity contribution in [3.63, 3.8) is 0 Å². The molecule has 2 aliphatic rings. The molecule has 0 aliphatic heterocycles. The summed E-state index contributed by atoms with van der Waals surface area (Å²) in [5, 5.41) is 9.48. The molecule has 0 aromatic heterocycles. The highest BCUT2D eigenvalue weighted by molar-refractivity contribution is 6.01. The molecule has 2 saturated carbocycles. The van der Waals surface area contributed by atoms with Crippen LogP contribution in [0, 0.1) is 0 Å². The molecule has 8 rings (SSSR count). The van der Waals surface area contributed by atoms with Crippen LogP contribution in [0.4, 0.5) is 4.79 Å². The molecule has 2 fully saturated rings. The molecule has 0 amide bonds. The summed E-state index contributed by atoms with van der Waals surface area (Å²) in [6.07, 6.45) is 6.79. The van der Waals surface area contributed by atoms with Gasteiger partial charge < -0.3 is 9.47 Å². The summed E-state index contributed by atoms with van der Waals surface area (Å²) in [6, 6.07) is 38.7. The summed E-state index contributed by atoms with van der Waals surface area (Å²) in [4.78, 5) is 14.0. The Morgan fingerprint density at radius 1 is 0.452 bits per heavy atom. The standard InChI is InChI=1S/C39H34O3/c40-37(41-38(19-5-6-20-38)35-17-9-15-31-23-27-11-1-3-13-29(27)25-33(31)35)42-39(21-7-8-22-39)36-18-10-16-32-24-28-12-2-4-14-30(28)26-34(32)36/h1-4,9-18,23-26H,5-8,19-22H2. The summed E-state index contributed by atoms with van der Waals surface area (Å²) in [6.45, 7) is 0. The van der Waals surface area contributed by atoms with E-state index in [4.69, 9.17) is 9.47 Å². The van der Waals surface area contributed by atoms with Crippen LogP contribution in [0.3, 0.4) is 0 Å². The Labute approximate surface area is 246 Å². The zero-order chi connectivity index (χ0) is 28.1. The number of hydrogen-bond acceptors (Lipinski definition) is 3. The molecule has 0 bridgehead atoms. The minimum absolute atomic E-state index is 0.547. The highest BCUT2D eigenvalue weighted by Crippen LogP contribution is 2.49. The second-order valence-electron chi connectivity index (χ2n) is 12.3. The van der Waals surface area contributed by atoms with Crippen LogP contribution in [0.5, 0.6) is 0 Å². The Morgan fingerprint density at radius 3 is 1.21 bits per heavy atom. The van der Waals surface area contributed by atoms with Crippen LogP contribution in [0.25, 0.3) is 43.1 Å². The molecule has 2 aliphatic carbocycles. The minimum atomic E-state index is -0.687. The third-order valence-electron chi connectivity index (χ3n) is 9.85. The van der Waals surface area contributed by atoms with Crippen LogP contribution >= 0.6 is 0 Å². The smallest absolute Gasteiger partial charge is 0.423 e. The van der Waals surface area contributed by atoms with Gasteiger partial charge in [-0.2, -0.15) is 0 Å². The van der Waals surface area contributed by atoms with Crippen molar-refractivity contribution in [1.82, 2.24) is 0 Å². The molecule has 0 unspecified atom stereocenters. The van der Waals surface area contributed by atoms with Gasteiger partial charge in [-0.15, -0.1) is 0 Å². The van der Waals surface area contributed by atoms with Crippen molar-refractivity contribution in [2.45, 2.75) is 62.6 Å². The van der Waals surface area contributed by atoms with Crippen molar-refractivity contribution in [1.29, 1.82) is 0 Å². The van der Waals surface area contributed by atoms with E-state index in [0.29, 0.717) is 0 Å². The molecule has 6 aromatic carbocycles. The number of ether oxygens (including phenoxy) is 2. The van der Waals surface area contributed by atoms with Crippen molar-refractivity contribution in [2.75, 3.05) is 0 Å². The molecule has 0 saturated heterocycles. The van der Waals surface area contributed by atoms with Crippen molar-refractivity contribution in [3.05, 3.63) is 120 Å². The van der Waals surface area contributed by atoms with Crippen molar-refractivity contribution in [3.8, 4) is 0 Å². The molecule has 3 heteroatoms. The van der Waals surface area contributed by atoms with Crippen LogP contribution in [-0.2, 0) is 20.7 Å². The van der Waals surface area contributed by atoms with Crippen LogP contribution in [0.2, 0.25) is 0 Å². The number of benzene rings is 6. The van der Waals surface area contributed by atoms with E-state index in [0.717, 1.165) is 73.3 Å². The Morgan fingerprint density at radius 2 is 0.810 bits per heavy atom. The maximum Gasteiger partial charge on any atom is 0.510 e. The van der Waals surface area contributed by atoms with Gasteiger partial charge in [-0.25, -0.2) is 4.79 Å². The maximum absolute atomic E-state index is 14.0. The predicted octanol–water partition coefficient (Wildman–Crippen LogP) is 10.7. The van der Waals surface area contributed by atoms with E-state index < -0.39 is 17.4 Å². The number of carbonyl (C=O) groups is 1. The average Bonchev–Trinajstić information content (AvgIpc) is 3.69. The Balaban J connectivity index is 1.18. The van der Waals surface area contributed by atoms with Gasteiger partial charge in [-0.1, -0.05) is 84.9 Å². The average molecular weight is 551 g/mol. The van der Waals surface area contributed by atoms with Gasteiger partial charge in [0.2, 0.25) is 0 Å². The summed E-state index contributed by atoms with van der Waals surface area (Å²) in [7, 11) is 0. The van der Waals surface area contributed by atoms with E-state index in [9.17, 15) is 4.79 Å². The lowest BCUT2D eigenvalue weighted by atomic mass is 9.86. The quantitative estimate of drug-likeness (QED) is 0.162. The first kappa shape index (κ1) is 25.3. The molecule has 0 N–H and O–H groups in total.